The van der Waals surface area contributed by atoms with Gasteiger partial charge in [0.2, 0.25) is 0 Å². The molecular weight excluding hydrogens is 256 g/mol. The quantitative estimate of drug-likeness (QED) is 0.381. The Kier molecular flexibility index (Phi) is 8.39. The third kappa shape index (κ3) is 8.00. The van der Waals surface area contributed by atoms with E-state index in [0.29, 0.717) is 11.9 Å². The van der Waals surface area contributed by atoms with E-state index in [2.05, 4.69) is 35.0 Å². The Morgan fingerprint density at radius 2 is 2.00 bits per heavy atom. The maximum Gasteiger partial charge on any atom is 0.168 e. The van der Waals surface area contributed by atoms with Crippen molar-refractivity contribution in [3.63, 3.8) is 0 Å². The van der Waals surface area contributed by atoms with Gasteiger partial charge in [-0.25, -0.2) is 0 Å². The molecule has 0 saturated heterocycles. The Morgan fingerprint density at radius 3 is 2.47 bits per heavy atom. The summed E-state index contributed by atoms with van der Waals surface area (Å²) in [5, 5.41) is 0.700. The van der Waals surface area contributed by atoms with Crippen LogP contribution in [0.4, 0.5) is 0 Å². The molecule has 0 aliphatic heterocycles. The molecular formula is C12H23BrO2. The molecule has 0 aromatic carbocycles. The Morgan fingerprint density at radius 1 is 1.33 bits per heavy atom. The van der Waals surface area contributed by atoms with Crippen molar-refractivity contribution in [1.29, 1.82) is 0 Å². The van der Waals surface area contributed by atoms with Crippen LogP contribution in [0.25, 0.3) is 0 Å². The van der Waals surface area contributed by atoms with Crippen molar-refractivity contribution < 1.29 is 9.47 Å². The molecule has 3 heteroatoms. The van der Waals surface area contributed by atoms with Gasteiger partial charge < -0.3 is 9.47 Å². The van der Waals surface area contributed by atoms with Gasteiger partial charge >= 0.3 is 0 Å². The zero-order valence-corrected chi connectivity index (χ0v) is 11.8. The van der Waals surface area contributed by atoms with E-state index in [1.807, 2.05) is 20.8 Å². The summed E-state index contributed by atoms with van der Waals surface area (Å²) in [6.07, 6.45) is 6.36. The first kappa shape index (κ1) is 15.1. The van der Waals surface area contributed by atoms with E-state index >= 15 is 0 Å². The van der Waals surface area contributed by atoms with Gasteiger partial charge in [-0.3, -0.25) is 0 Å². The van der Waals surface area contributed by atoms with Crippen molar-refractivity contribution in [2.45, 2.75) is 52.4 Å². The largest absolute Gasteiger partial charge is 0.352 e. The van der Waals surface area contributed by atoms with Crippen molar-refractivity contribution in [1.82, 2.24) is 0 Å². The van der Waals surface area contributed by atoms with Crippen molar-refractivity contribution in [3.8, 4) is 0 Å². The first-order chi connectivity index (χ1) is 7.05. The number of unbranched alkanes of at least 4 members (excludes halogenated alkanes) is 1. The molecule has 0 aliphatic rings. The molecule has 0 bridgehead atoms. The predicted molar refractivity (Wildman–Crippen MR) is 68.4 cm³/mol. The van der Waals surface area contributed by atoms with E-state index in [0.717, 1.165) is 6.42 Å². The van der Waals surface area contributed by atoms with Gasteiger partial charge in [-0.05, 0) is 27.2 Å². The standard InChI is InChI=1S/C12H23BrO2/c1-5-7-8-9-12(3,4)15-11(10-13)14-6-2/h8-9,11H,5-7,10H2,1-4H3/b9-8+. The molecule has 15 heavy (non-hydrogen) atoms. The fraction of sp³-hybridized carbons (Fsp3) is 0.833. The molecule has 0 aromatic heterocycles. The highest BCUT2D eigenvalue weighted by atomic mass is 79.9. The first-order valence-electron chi connectivity index (χ1n) is 5.58. The normalized spacial score (nSPS) is 14.7. The summed E-state index contributed by atoms with van der Waals surface area (Å²) in [6.45, 7) is 8.91. The maximum absolute atomic E-state index is 5.82. The molecule has 90 valence electrons. The molecule has 1 unspecified atom stereocenters. The number of hydrogen-bond acceptors (Lipinski definition) is 2. The van der Waals surface area contributed by atoms with Gasteiger partial charge in [-0.2, -0.15) is 0 Å². The minimum absolute atomic E-state index is 0.170. The van der Waals surface area contributed by atoms with Crippen molar-refractivity contribution >= 4 is 15.9 Å². The Labute approximate surface area is 102 Å². The van der Waals surface area contributed by atoms with Gasteiger partial charge in [0.05, 0.1) is 10.9 Å². The first-order valence-corrected chi connectivity index (χ1v) is 6.71. The number of halogens is 1. The zero-order chi connectivity index (χ0) is 11.7. The fourth-order valence-electron chi connectivity index (χ4n) is 1.21. The number of rotatable bonds is 8. The summed E-state index contributed by atoms with van der Waals surface area (Å²) in [4.78, 5) is 0. The molecule has 0 rings (SSSR count). The predicted octanol–water partition coefficient (Wildman–Crippen LogP) is 3.90. The number of ether oxygens (including phenoxy) is 2. The minimum Gasteiger partial charge on any atom is -0.352 e. The van der Waals surface area contributed by atoms with E-state index in [9.17, 15) is 0 Å². The van der Waals surface area contributed by atoms with Crippen molar-refractivity contribution in [3.05, 3.63) is 12.2 Å². The van der Waals surface area contributed by atoms with Crippen LogP contribution in [0, 0.1) is 0 Å². The molecule has 1 atom stereocenters. The average molecular weight is 279 g/mol. The molecule has 2 nitrogen and oxygen atoms in total. The average Bonchev–Trinajstić information content (AvgIpc) is 2.17. The van der Waals surface area contributed by atoms with Gasteiger partial charge in [0, 0.05) is 6.61 Å². The fourth-order valence-corrected chi connectivity index (χ4v) is 1.53. The Balaban J connectivity index is 4.08. The van der Waals surface area contributed by atoms with E-state index in [-0.39, 0.29) is 11.9 Å². The lowest BCUT2D eigenvalue weighted by Crippen LogP contribution is -2.31. The van der Waals surface area contributed by atoms with Gasteiger partial charge in [-0.15, -0.1) is 0 Å². The second-order valence-corrected chi connectivity index (χ2v) is 4.60. The second kappa shape index (κ2) is 8.31. The Hall–Kier alpha value is 0.140. The third-order valence-corrected chi connectivity index (χ3v) is 2.42. The van der Waals surface area contributed by atoms with Crippen LogP contribution in [0.1, 0.15) is 40.5 Å². The zero-order valence-electron chi connectivity index (χ0n) is 10.3. The van der Waals surface area contributed by atoms with Crippen molar-refractivity contribution in [2.24, 2.45) is 0 Å². The van der Waals surface area contributed by atoms with Gasteiger partial charge in [-0.1, -0.05) is 41.4 Å². The highest BCUT2D eigenvalue weighted by Gasteiger charge is 2.20. The SMILES string of the molecule is CCC/C=C/C(C)(C)OC(CBr)OCC. The molecule has 0 saturated carbocycles. The highest BCUT2D eigenvalue weighted by molar-refractivity contribution is 9.09. The molecule has 0 spiro atoms. The summed E-state index contributed by atoms with van der Waals surface area (Å²) < 4.78 is 11.2. The molecule has 0 amide bonds. The van der Waals surface area contributed by atoms with E-state index < -0.39 is 0 Å². The maximum atomic E-state index is 5.82. The minimum atomic E-state index is -0.261. The van der Waals surface area contributed by atoms with Crippen LogP contribution in [-0.2, 0) is 9.47 Å². The molecule has 0 N–H and O–H groups in total. The number of hydrogen-bond donors (Lipinski definition) is 0. The summed E-state index contributed by atoms with van der Waals surface area (Å²) >= 11 is 3.38. The van der Waals surface area contributed by atoms with Crippen LogP contribution >= 0.6 is 15.9 Å². The van der Waals surface area contributed by atoms with E-state index in [1.165, 1.54) is 6.42 Å². The monoisotopic (exact) mass is 278 g/mol. The van der Waals surface area contributed by atoms with Gasteiger partial charge in [0.25, 0.3) is 0 Å². The van der Waals surface area contributed by atoms with Gasteiger partial charge in [0.1, 0.15) is 0 Å². The summed E-state index contributed by atoms with van der Waals surface area (Å²) in [5.74, 6) is 0. The van der Waals surface area contributed by atoms with E-state index in [1.54, 1.807) is 0 Å². The van der Waals surface area contributed by atoms with Crippen LogP contribution in [0.5, 0.6) is 0 Å². The Bertz CT molecular complexity index is 178. The second-order valence-electron chi connectivity index (χ2n) is 3.95. The lowest BCUT2D eigenvalue weighted by Gasteiger charge is -2.27. The van der Waals surface area contributed by atoms with Crippen LogP contribution in [0.3, 0.4) is 0 Å². The highest BCUT2D eigenvalue weighted by Crippen LogP contribution is 2.16. The smallest absolute Gasteiger partial charge is 0.168 e. The molecule has 0 aromatic rings. The summed E-state index contributed by atoms with van der Waals surface area (Å²) in [7, 11) is 0. The van der Waals surface area contributed by atoms with Crippen LogP contribution in [0.2, 0.25) is 0 Å². The van der Waals surface area contributed by atoms with Crippen LogP contribution in [0.15, 0.2) is 12.2 Å². The number of allylic oxidation sites excluding steroid dienone is 1. The molecule has 0 aliphatic carbocycles. The lowest BCUT2D eigenvalue weighted by atomic mass is 10.1. The van der Waals surface area contributed by atoms with Gasteiger partial charge in [0.15, 0.2) is 6.29 Å². The molecule has 0 heterocycles. The summed E-state index contributed by atoms with van der Waals surface area (Å²) in [5.41, 5.74) is -0.261. The number of alkyl halides is 1. The molecule has 0 radical (unpaired) electrons. The van der Waals surface area contributed by atoms with Crippen molar-refractivity contribution in [2.75, 3.05) is 11.9 Å². The lowest BCUT2D eigenvalue weighted by molar-refractivity contribution is -0.169. The topological polar surface area (TPSA) is 18.5 Å². The van der Waals surface area contributed by atoms with E-state index in [4.69, 9.17) is 9.47 Å². The third-order valence-electron chi connectivity index (χ3n) is 1.89. The molecule has 0 fully saturated rings. The van der Waals surface area contributed by atoms with Crippen LogP contribution in [-0.4, -0.2) is 23.8 Å². The van der Waals surface area contributed by atoms with Crippen LogP contribution < -0.4 is 0 Å². The summed E-state index contributed by atoms with van der Waals surface area (Å²) in [6, 6.07) is 0.